The lowest BCUT2D eigenvalue weighted by molar-refractivity contribution is 0.0631. The minimum atomic E-state index is -0.435. The van der Waals surface area contributed by atoms with Crippen LogP contribution in [0.3, 0.4) is 0 Å². The van der Waals surface area contributed by atoms with Gasteiger partial charge in [-0.25, -0.2) is 0 Å². The van der Waals surface area contributed by atoms with Gasteiger partial charge in [0.25, 0.3) is 17.7 Å². The third-order valence-electron chi connectivity index (χ3n) is 4.43. The molecule has 0 atom stereocenters. The average molecular weight is 364 g/mol. The molecule has 0 unspecified atom stereocenters. The van der Waals surface area contributed by atoms with Crippen LogP contribution >= 0.6 is 0 Å². The average Bonchev–Trinajstić information content (AvgIpc) is 3.41. The van der Waals surface area contributed by atoms with Gasteiger partial charge in [0, 0.05) is 12.6 Å². The normalized spacial score (nSPS) is 13.1. The van der Waals surface area contributed by atoms with Crippen LogP contribution < -0.4 is 0 Å². The predicted octanol–water partition coefficient (Wildman–Crippen LogP) is 2.94. The van der Waals surface area contributed by atoms with E-state index in [1.165, 1.54) is 23.3 Å². The van der Waals surface area contributed by atoms with Crippen molar-refractivity contribution in [3.05, 3.63) is 83.2 Å². The molecule has 1 aromatic carbocycles. The molecule has 1 aliphatic rings. The SMILES string of the molecule is CN(Cc1ccco1)C(=O)c1ccc2c(c1)C(=O)N(Cc1ccco1)C2=O. The first-order chi connectivity index (χ1) is 13.0. The van der Waals surface area contributed by atoms with E-state index >= 15 is 0 Å². The molecule has 0 spiro atoms. The van der Waals surface area contributed by atoms with E-state index in [0.29, 0.717) is 23.6 Å². The lowest BCUT2D eigenvalue weighted by atomic mass is 10.0. The van der Waals surface area contributed by atoms with Gasteiger partial charge in [0.15, 0.2) is 0 Å². The first-order valence-corrected chi connectivity index (χ1v) is 8.35. The number of nitrogens with zero attached hydrogens (tertiary/aromatic N) is 2. The Morgan fingerprint density at radius 2 is 1.63 bits per heavy atom. The van der Waals surface area contributed by atoms with Crippen molar-refractivity contribution in [2.24, 2.45) is 0 Å². The standard InChI is InChI=1S/C20H16N2O5/c1-21(11-14-4-2-8-26-14)18(23)13-6-7-16-17(10-13)20(25)22(19(16)24)12-15-5-3-9-27-15/h2-10H,11-12H2,1H3. The summed E-state index contributed by atoms with van der Waals surface area (Å²) >= 11 is 0. The van der Waals surface area contributed by atoms with Crippen LogP contribution in [0, 0.1) is 0 Å². The van der Waals surface area contributed by atoms with E-state index in [1.807, 2.05) is 0 Å². The molecular formula is C20H16N2O5. The number of furan rings is 2. The zero-order chi connectivity index (χ0) is 19.0. The van der Waals surface area contributed by atoms with E-state index in [2.05, 4.69) is 0 Å². The molecular weight excluding hydrogens is 348 g/mol. The summed E-state index contributed by atoms with van der Waals surface area (Å²) in [4.78, 5) is 40.4. The van der Waals surface area contributed by atoms with Crippen LogP contribution in [0.15, 0.2) is 63.8 Å². The third-order valence-corrected chi connectivity index (χ3v) is 4.43. The molecule has 3 aromatic rings. The van der Waals surface area contributed by atoms with Crippen LogP contribution in [0.5, 0.6) is 0 Å². The molecule has 27 heavy (non-hydrogen) atoms. The van der Waals surface area contributed by atoms with E-state index in [9.17, 15) is 14.4 Å². The van der Waals surface area contributed by atoms with Crippen molar-refractivity contribution >= 4 is 17.7 Å². The lowest BCUT2D eigenvalue weighted by Crippen LogP contribution is -2.28. The second kappa shape index (κ2) is 6.60. The molecule has 3 heterocycles. The van der Waals surface area contributed by atoms with Gasteiger partial charge in [-0.1, -0.05) is 0 Å². The number of imide groups is 1. The maximum absolute atomic E-state index is 12.7. The first kappa shape index (κ1) is 16.8. The molecule has 0 radical (unpaired) electrons. The molecule has 0 fully saturated rings. The molecule has 4 rings (SSSR count). The van der Waals surface area contributed by atoms with E-state index in [1.54, 1.807) is 43.6 Å². The van der Waals surface area contributed by atoms with Crippen LogP contribution in [0.2, 0.25) is 0 Å². The first-order valence-electron chi connectivity index (χ1n) is 8.35. The second-order valence-electron chi connectivity index (χ2n) is 6.28. The van der Waals surface area contributed by atoms with Gasteiger partial charge in [-0.15, -0.1) is 0 Å². The van der Waals surface area contributed by atoms with Crippen molar-refractivity contribution in [1.82, 2.24) is 9.80 Å². The van der Waals surface area contributed by atoms with Crippen molar-refractivity contribution in [2.45, 2.75) is 13.1 Å². The number of benzene rings is 1. The smallest absolute Gasteiger partial charge is 0.261 e. The van der Waals surface area contributed by atoms with Crippen LogP contribution in [0.1, 0.15) is 42.6 Å². The highest BCUT2D eigenvalue weighted by atomic mass is 16.3. The van der Waals surface area contributed by atoms with E-state index < -0.39 is 11.8 Å². The van der Waals surface area contributed by atoms with Crippen LogP contribution in [-0.4, -0.2) is 34.6 Å². The Morgan fingerprint density at radius 3 is 2.30 bits per heavy atom. The summed E-state index contributed by atoms with van der Waals surface area (Å²) in [5.74, 6) is 0.0740. The summed E-state index contributed by atoms with van der Waals surface area (Å²) < 4.78 is 10.5. The molecule has 136 valence electrons. The number of rotatable bonds is 5. The minimum absolute atomic E-state index is 0.0566. The Labute approximate surface area is 154 Å². The fourth-order valence-corrected chi connectivity index (χ4v) is 3.05. The van der Waals surface area contributed by atoms with Gasteiger partial charge in [-0.3, -0.25) is 19.3 Å². The fraction of sp³-hybridized carbons (Fsp3) is 0.150. The Morgan fingerprint density at radius 1 is 0.963 bits per heavy atom. The number of carbonyl (C=O) groups is 3. The summed E-state index contributed by atoms with van der Waals surface area (Å²) in [5.41, 5.74) is 0.851. The Balaban J connectivity index is 1.56. The molecule has 3 amide bonds. The third kappa shape index (κ3) is 3.03. The van der Waals surface area contributed by atoms with Gasteiger partial charge in [-0.05, 0) is 42.5 Å². The van der Waals surface area contributed by atoms with Crippen molar-refractivity contribution in [3.63, 3.8) is 0 Å². The highest BCUT2D eigenvalue weighted by Gasteiger charge is 2.36. The molecule has 7 heteroatoms. The molecule has 0 saturated heterocycles. The molecule has 1 aliphatic heterocycles. The fourth-order valence-electron chi connectivity index (χ4n) is 3.05. The topological polar surface area (TPSA) is 84.0 Å². The largest absolute Gasteiger partial charge is 0.467 e. The lowest BCUT2D eigenvalue weighted by Gasteiger charge is -2.16. The molecule has 0 bridgehead atoms. The zero-order valence-corrected chi connectivity index (χ0v) is 14.5. The number of hydrogen-bond acceptors (Lipinski definition) is 5. The number of amides is 3. The van der Waals surface area contributed by atoms with Crippen molar-refractivity contribution < 1.29 is 23.2 Å². The van der Waals surface area contributed by atoms with Gasteiger partial charge in [0.1, 0.15) is 11.5 Å². The summed E-state index contributed by atoms with van der Waals surface area (Å²) in [6.45, 7) is 0.363. The molecule has 0 N–H and O–H groups in total. The van der Waals surface area contributed by atoms with E-state index in [-0.39, 0.29) is 23.6 Å². The maximum atomic E-state index is 12.7. The monoisotopic (exact) mass is 364 g/mol. The van der Waals surface area contributed by atoms with Crippen LogP contribution in [0.25, 0.3) is 0 Å². The maximum Gasteiger partial charge on any atom is 0.261 e. The van der Waals surface area contributed by atoms with Crippen molar-refractivity contribution in [3.8, 4) is 0 Å². The highest BCUT2D eigenvalue weighted by Crippen LogP contribution is 2.26. The van der Waals surface area contributed by atoms with Crippen LogP contribution in [0.4, 0.5) is 0 Å². The van der Waals surface area contributed by atoms with Crippen LogP contribution in [-0.2, 0) is 13.1 Å². The van der Waals surface area contributed by atoms with Gasteiger partial charge < -0.3 is 13.7 Å². The van der Waals surface area contributed by atoms with Crippen molar-refractivity contribution in [1.29, 1.82) is 0 Å². The molecule has 0 saturated carbocycles. The van der Waals surface area contributed by atoms with Gasteiger partial charge in [-0.2, -0.15) is 0 Å². The van der Waals surface area contributed by atoms with E-state index in [4.69, 9.17) is 8.83 Å². The predicted molar refractivity (Wildman–Crippen MR) is 93.9 cm³/mol. The van der Waals surface area contributed by atoms with E-state index in [0.717, 1.165) is 4.90 Å². The summed E-state index contributed by atoms with van der Waals surface area (Å²) in [5, 5.41) is 0. The number of fused-ring (bicyclic) bond motifs is 1. The second-order valence-corrected chi connectivity index (χ2v) is 6.28. The van der Waals surface area contributed by atoms with Gasteiger partial charge in [0.2, 0.25) is 0 Å². The Bertz CT molecular complexity index is 1010. The summed E-state index contributed by atoms with van der Waals surface area (Å²) in [6.07, 6.45) is 3.03. The summed E-state index contributed by atoms with van der Waals surface area (Å²) in [7, 11) is 1.65. The molecule has 2 aromatic heterocycles. The van der Waals surface area contributed by atoms with Gasteiger partial charge in [0.05, 0.1) is 36.7 Å². The molecule has 7 nitrogen and oxygen atoms in total. The highest BCUT2D eigenvalue weighted by molar-refractivity contribution is 6.21. The Hall–Kier alpha value is -3.61. The number of hydrogen-bond donors (Lipinski definition) is 0. The van der Waals surface area contributed by atoms with Crippen molar-refractivity contribution in [2.75, 3.05) is 7.05 Å². The summed E-state index contributed by atoms with van der Waals surface area (Å²) in [6, 6.07) is 11.5. The number of carbonyl (C=O) groups excluding carboxylic acids is 3. The minimum Gasteiger partial charge on any atom is -0.467 e. The quantitative estimate of drug-likeness (QED) is 0.650. The van der Waals surface area contributed by atoms with Gasteiger partial charge >= 0.3 is 0 Å². The zero-order valence-electron chi connectivity index (χ0n) is 14.5. The molecule has 0 aliphatic carbocycles. The Kier molecular flexibility index (Phi) is 4.12.